The van der Waals surface area contributed by atoms with Gasteiger partial charge in [0, 0.05) is 0 Å². The summed E-state index contributed by atoms with van der Waals surface area (Å²) in [6, 6.07) is 42.3. The maximum absolute atomic E-state index is 13.4. The number of esters is 2. The summed E-state index contributed by atoms with van der Waals surface area (Å²) in [5, 5.41) is 0. The van der Waals surface area contributed by atoms with Gasteiger partial charge in [-0.1, -0.05) is 130 Å². The zero-order chi connectivity index (χ0) is 37.3. The van der Waals surface area contributed by atoms with Gasteiger partial charge < -0.3 is 9.47 Å². The minimum absolute atomic E-state index is 0.0947. The molecule has 278 valence electrons. The van der Waals surface area contributed by atoms with Gasteiger partial charge in [-0.05, 0) is 138 Å². The average molecular weight is 719 g/mol. The Bertz CT molecular complexity index is 1930. The molecule has 5 aromatic carbocycles. The van der Waals surface area contributed by atoms with E-state index in [-0.39, 0.29) is 6.61 Å². The quantitative estimate of drug-likeness (QED) is 0.121. The molecule has 0 heterocycles. The molecule has 0 radical (unpaired) electrons. The number of ether oxygens (including phenoxy) is 2. The average Bonchev–Trinajstić information content (AvgIpc) is 3.25. The van der Waals surface area contributed by atoms with Gasteiger partial charge >= 0.3 is 11.9 Å². The highest BCUT2D eigenvalue weighted by atomic mass is 16.6. The van der Waals surface area contributed by atoms with Crippen LogP contribution in [0.25, 0.3) is 22.3 Å². The summed E-state index contributed by atoms with van der Waals surface area (Å²) in [4.78, 5) is 26.6. The third-order valence-electron chi connectivity index (χ3n) is 12.3. The predicted molar refractivity (Wildman–Crippen MR) is 219 cm³/mol. The number of benzene rings is 5. The van der Waals surface area contributed by atoms with Crippen molar-refractivity contribution < 1.29 is 19.1 Å². The number of rotatable bonds is 12. The van der Waals surface area contributed by atoms with Gasteiger partial charge in [0.2, 0.25) is 0 Å². The molecule has 0 saturated heterocycles. The molecule has 1 atom stereocenters. The highest BCUT2D eigenvalue weighted by molar-refractivity contribution is 5.91. The minimum Gasteiger partial charge on any atom is -0.458 e. The van der Waals surface area contributed by atoms with Crippen LogP contribution in [0.5, 0.6) is 0 Å². The molecule has 0 spiro atoms. The summed E-state index contributed by atoms with van der Waals surface area (Å²) < 4.78 is 11.7. The van der Waals surface area contributed by atoms with Crippen LogP contribution in [-0.4, -0.2) is 18.5 Å². The number of carbonyl (C=O) groups excluding carboxylic acids is 2. The van der Waals surface area contributed by atoms with E-state index < -0.39 is 18.0 Å². The number of carbonyl (C=O) groups is 2. The smallest absolute Gasteiger partial charge is 0.338 e. The Labute approximate surface area is 321 Å². The molecule has 2 fully saturated rings. The predicted octanol–water partition coefficient (Wildman–Crippen LogP) is 13.1. The Morgan fingerprint density at radius 2 is 0.889 bits per heavy atom. The lowest BCUT2D eigenvalue weighted by molar-refractivity contribution is -0.00133. The van der Waals surface area contributed by atoms with Gasteiger partial charge in [0.25, 0.3) is 0 Å². The number of hydrogen-bond donors (Lipinski definition) is 0. The van der Waals surface area contributed by atoms with E-state index in [1.807, 2.05) is 54.6 Å². The summed E-state index contributed by atoms with van der Waals surface area (Å²) in [6.07, 6.45) is 12.3. The first kappa shape index (κ1) is 37.4. The van der Waals surface area contributed by atoms with Crippen molar-refractivity contribution in [2.75, 3.05) is 6.61 Å². The fourth-order valence-electron chi connectivity index (χ4n) is 8.60. The van der Waals surface area contributed by atoms with Crippen LogP contribution in [0.4, 0.5) is 0 Å². The van der Waals surface area contributed by atoms with Crippen molar-refractivity contribution in [3.05, 3.63) is 155 Å². The Morgan fingerprint density at radius 1 is 0.500 bits per heavy atom. The Morgan fingerprint density at radius 3 is 1.30 bits per heavy atom. The molecule has 0 aliphatic heterocycles. The summed E-state index contributed by atoms with van der Waals surface area (Å²) in [7, 11) is 0. The SMILES string of the molecule is CC[C@H]1CC[C@H](c2ccc(-c3ccc(C(=O)OCC(OC(=O)c4ccc(-c5ccc([C@H]6CC[C@H](CC)CC6)cc5)cc4)c4ccccc4)cc3)cc2)CC1. The second-order valence-corrected chi connectivity index (χ2v) is 15.6. The second kappa shape index (κ2) is 17.9. The van der Waals surface area contributed by atoms with Crippen LogP contribution < -0.4 is 0 Å². The highest BCUT2D eigenvalue weighted by Gasteiger charge is 2.24. The van der Waals surface area contributed by atoms with Crippen LogP contribution in [0.15, 0.2) is 127 Å². The molecule has 7 rings (SSSR count). The van der Waals surface area contributed by atoms with Crippen molar-refractivity contribution in [2.45, 2.75) is 96.0 Å². The second-order valence-electron chi connectivity index (χ2n) is 15.6. The van der Waals surface area contributed by atoms with E-state index in [1.54, 1.807) is 24.3 Å². The Balaban J connectivity index is 0.945. The van der Waals surface area contributed by atoms with Gasteiger partial charge in [0.1, 0.15) is 6.61 Å². The fourth-order valence-corrected chi connectivity index (χ4v) is 8.60. The molecule has 2 saturated carbocycles. The summed E-state index contributed by atoms with van der Waals surface area (Å²) in [5.74, 6) is 2.17. The first-order chi connectivity index (χ1) is 26.5. The van der Waals surface area contributed by atoms with Crippen LogP contribution >= 0.6 is 0 Å². The molecular formula is C50H54O4. The number of hydrogen-bond acceptors (Lipinski definition) is 4. The lowest BCUT2D eigenvalue weighted by Gasteiger charge is -2.28. The molecule has 5 aromatic rings. The maximum Gasteiger partial charge on any atom is 0.338 e. The molecule has 54 heavy (non-hydrogen) atoms. The minimum atomic E-state index is -0.753. The van der Waals surface area contributed by atoms with E-state index >= 15 is 0 Å². The first-order valence-electron chi connectivity index (χ1n) is 20.3. The van der Waals surface area contributed by atoms with Crippen molar-refractivity contribution >= 4 is 11.9 Å². The van der Waals surface area contributed by atoms with Gasteiger partial charge in [-0.15, -0.1) is 0 Å². The van der Waals surface area contributed by atoms with Crippen LogP contribution in [0, 0.1) is 11.8 Å². The van der Waals surface area contributed by atoms with Gasteiger partial charge in [0.05, 0.1) is 11.1 Å². The van der Waals surface area contributed by atoms with Crippen molar-refractivity contribution in [2.24, 2.45) is 11.8 Å². The van der Waals surface area contributed by atoms with Crippen molar-refractivity contribution in [1.29, 1.82) is 0 Å². The van der Waals surface area contributed by atoms with E-state index in [0.717, 1.165) is 39.7 Å². The molecule has 2 aliphatic rings. The molecule has 0 N–H and O–H groups in total. The van der Waals surface area contributed by atoms with Crippen molar-refractivity contribution in [3.63, 3.8) is 0 Å². The molecule has 1 unspecified atom stereocenters. The summed E-state index contributed by atoms with van der Waals surface area (Å²) >= 11 is 0. The summed E-state index contributed by atoms with van der Waals surface area (Å²) in [5.41, 5.74) is 8.87. The third-order valence-corrected chi connectivity index (χ3v) is 12.3. The third kappa shape index (κ3) is 9.21. The largest absolute Gasteiger partial charge is 0.458 e. The van der Waals surface area contributed by atoms with Crippen LogP contribution in [0.2, 0.25) is 0 Å². The molecule has 0 amide bonds. The molecular weight excluding hydrogens is 665 g/mol. The fraction of sp³-hybridized carbons (Fsp3) is 0.360. The highest BCUT2D eigenvalue weighted by Crippen LogP contribution is 2.39. The van der Waals surface area contributed by atoms with Gasteiger partial charge in [-0.25, -0.2) is 9.59 Å². The van der Waals surface area contributed by atoms with E-state index in [4.69, 9.17) is 9.47 Å². The van der Waals surface area contributed by atoms with E-state index in [0.29, 0.717) is 23.0 Å². The van der Waals surface area contributed by atoms with E-state index in [2.05, 4.69) is 62.4 Å². The van der Waals surface area contributed by atoms with Crippen LogP contribution in [0.1, 0.15) is 133 Å². The zero-order valence-electron chi connectivity index (χ0n) is 31.9. The lowest BCUT2D eigenvalue weighted by Crippen LogP contribution is -2.19. The first-order valence-corrected chi connectivity index (χ1v) is 20.3. The van der Waals surface area contributed by atoms with Crippen molar-refractivity contribution in [1.82, 2.24) is 0 Å². The monoisotopic (exact) mass is 718 g/mol. The molecule has 2 aliphatic carbocycles. The van der Waals surface area contributed by atoms with Crippen molar-refractivity contribution in [3.8, 4) is 22.3 Å². The van der Waals surface area contributed by atoms with E-state index in [9.17, 15) is 9.59 Å². The van der Waals surface area contributed by atoms with Crippen LogP contribution in [-0.2, 0) is 9.47 Å². The van der Waals surface area contributed by atoms with E-state index in [1.165, 1.54) is 75.3 Å². The maximum atomic E-state index is 13.4. The molecule has 4 heteroatoms. The zero-order valence-corrected chi connectivity index (χ0v) is 31.9. The Kier molecular flexibility index (Phi) is 12.4. The lowest BCUT2D eigenvalue weighted by atomic mass is 9.77. The van der Waals surface area contributed by atoms with Crippen LogP contribution in [0.3, 0.4) is 0 Å². The normalized spacial score (nSPS) is 20.5. The Hall–Kier alpha value is -4.96. The van der Waals surface area contributed by atoms with Gasteiger partial charge in [-0.3, -0.25) is 0 Å². The van der Waals surface area contributed by atoms with Gasteiger partial charge in [-0.2, -0.15) is 0 Å². The van der Waals surface area contributed by atoms with Gasteiger partial charge in [0.15, 0.2) is 6.10 Å². The topological polar surface area (TPSA) is 52.6 Å². The molecule has 0 aromatic heterocycles. The molecule has 4 nitrogen and oxygen atoms in total. The standard InChI is InChI=1S/C50H54O4/c1-3-35-10-14-37(15-11-35)39-18-22-41(23-19-39)43-26-30-46(31-27-43)49(51)53-34-48(45-8-6-5-7-9-45)54-50(52)47-32-28-44(29-33-47)42-24-20-40(21-25-42)38-16-12-36(4-2)13-17-38/h5-9,18-33,35-38,48H,3-4,10-17,34H2,1-2H3/t35-,36-,37-,38-,48?. The summed E-state index contributed by atoms with van der Waals surface area (Å²) in [6.45, 7) is 4.52. The molecule has 0 bridgehead atoms.